The number of halogens is 4. The molecule has 0 aromatic heterocycles. The van der Waals surface area contributed by atoms with Gasteiger partial charge in [0.05, 0.1) is 12.1 Å². The molecule has 1 atom stereocenters. The number of nitrogens with zero attached hydrogens (tertiary/aromatic N) is 3. The Balaban J connectivity index is 1.73. The SMILES string of the molecule is CC1(C)C(N(O)C(=O)Nc2ccc(Cl)cc2)N(c2ccc(Cl)cc2)C(=O)N1Cc1c(F)cccc1F. The molecule has 4 amide bonds. The van der Waals surface area contributed by atoms with Gasteiger partial charge in [-0.1, -0.05) is 29.3 Å². The molecule has 188 valence electrons. The highest BCUT2D eigenvalue weighted by atomic mass is 35.5. The quantitative estimate of drug-likeness (QED) is 0.281. The maximum absolute atomic E-state index is 14.5. The number of urea groups is 2. The van der Waals surface area contributed by atoms with Crippen molar-refractivity contribution < 1.29 is 23.6 Å². The number of benzene rings is 3. The molecule has 0 radical (unpaired) electrons. The van der Waals surface area contributed by atoms with Crippen molar-refractivity contribution >= 4 is 46.6 Å². The van der Waals surface area contributed by atoms with Crippen LogP contribution in [-0.4, -0.2) is 38.9 Å². The van der Waals surface area contributed by atoms with Crippen molar-refractivity contribution in [3.05, 3.63) is 94.0 Å². The minimum atomic E-state index is -1.31. The molecule has 3 aromatic carbocycles. The average Bonchev–Trinajstić information content (AvgIpc) is 3.02. The second-order valence-corrected chi connectivity index (χ2v) is 9.60. The standard InChI is InChI=1S/C25H22Cl2F2N4O3/c1-25(2)22(33(36)23(34)30-17-10-6-15(26)7-11-17)32(18-12-8-16(27)9-13-18)24(35)31(25)14-19-20(28)4-3-5-21(19)29/h3-13,22,36H,14H2,1-2H3,(H,30,34). The van der Waals surface area contributed by atoms with Crippen molar-refractivity contribution in [3.8, 4) is 0 Å². The molecule has 2 N–H and O–H groups in total. The molecular weight excluding hydrogens is 513 g/mol. The normalized spacial score (nSPS) is 16.9. The minimum absolute atomic E-state index is 0.314. The van der Waals surface area contributed by atoms with Gasteiger partial charge in [-0.3, -0.25) is 10.1 Å². The predicted molar refractivity (Wildman–Crippen MR) is 133 cm³/mol. The van der Waals surface area contributed by atoms with E-state index in [-0.39, 0.29) is 5.56 Å². The fourth-order valence-corrected chi connectivity index (χ4v) is 4.39. The van der Waals surface area contributed by atoms with Gasteiger partial charge in [0, 0.05) is 27.0 Å². The van der Waals surface area contributed by atoms with Crippen molar-refractivity contribution in [2.45, 2.75) is 32.1 Å². The summed E-state index contributed by atoms with van der Waals surface area (Å²) in [6.45, 7) is 2.74. The summed E-state index contributed by atoms with van der Waals surface area (Å²) in [5.74, 6) is -1.64. The summed E-state index contributed by atoms with van der Waals surface area (Å²) in [6, 6.07) is 14.2. The predicted octanol–water partition coefficient (Wildman–Crippen LogP) is 6.74. The van der Waals surface area contributed by atoms with Crippen LogP contribution in [0.25, 0.3) is 0 Å². The van der Waals surface area contributed by atoms with Gasteiger partial charge in [0.2, 0.25) is 0 Å². The average molecular weight is 535 g/mol. The Labute approximate surface area is 216 Å². The van der Waals surface area contributed by atoms with Gasteiger partial charge in [0.25, 0.3) is 0 Å². The topological polar surface area (TPSA) is 76.1 Å². The summed E-state index contributed by atoms with van der Waals surface area (Å²) < 4.78 is 28.9. The lowest BCUT2D eigenvalue weighted by molar-refractivity contribution is -0.0955. The number of hydroxylamine groups is 2. The number of amides is 4. The van der Waals surface area contributed by atoms with Gasteiger partial charge < -0.3 is 10.2 Å². The number of carbonyl (C=O) groups excluding carboxylic acids is 2. The minimum Gasteiger partial charge on any atom is -0.311 e. The molecule has 1 heterocycles. The van der Waals surface area contributed by atoms with Crippen LogP contribution in [0.5, 0.6) is 0 Å². The third-order valence-electron chi connectivity index (χ3n) is 6.03. The Morgan fingerprint density at radius 2 is 1.53 bits per heavy atom. The number of carbonyl (C=O) groups is 2. The highest BCUT2D eigenvalue weighted by Gasteiger charge is 2.56. The molecule has 36 heavy (non-hydrogen) atoms. The lowest BCUT2D eigenvalue weighted by Gasteiger charge is -2.38. The third-order valence-corrected chi connectivity index (χ3v) is 6.53. The molecule has 7 nitrogen and oxygen atoms in total. The van der Waals surface area contributed by atoms with E-state index >= 15 is 0 Å². The van der Waals surface area contributed by atoms with Crippen LogP contribution < -0.4 is 10.2 Å². The number of nitrogens with one attached hydrogen (secondary N) is 1. The van der Waals surface area contributed by atoms with Gasteiger partial charge in [-0.25, -0.2) is 18.4 Å². The molecule has 0 aliphatic carbocycles. The van der Waals surface area contributed by atoms with Gasteiger partial charge in [-0.2, -0.15) is 5.06 Å². The van der Waals surface area contributed by atoms with Gasteiger partial charge >= 0.3 is 12.1 Å². The van der Waals surface area contributed by atoms with Gasteiger partial charge in [-0.15, -0.1) is 0 Å². The second-order valence-electron chi connectivity index (χ2n) is 8.72. The van der Waals surface area contributed by atoms with Crippen LogP contribution in [0, 0.1) is 11.6 Å². The number of rotatable bonds is 5. The van der Waals surface area contributed by atoms with Crippen LogP contribution in [0.1, 0.15) is 19.4 Å². The van der Waals surface area contributed by atoms with E-state index < -0.39 is 41.9 Å². The van der Waals surface area contributed by atoms with E-state index in [2.05, 4.69) is 5.32 Å². The van der Waals surface area contributed by atoms with E-state index in [1.807, 2.05) is 0 Å². The summed E-state index contributed by atoms with van der Waals surface area (Å²) >= 11 is 11.9. The molecule has 0 bridgehead atoms. The lowest BCUT2D eigenvalue weighted by Crippen LogP contribution is -2.58. The first-order valence-electron chi connectivity index (χ1n) is 10.8. The Morgan fingerprint density at radius 3 is 2.08 bits per heavy atom. The van der Waals surface area contributed by atoms with Gasteiger partial charge in [0.1, 0.15) is 11.6 Å². The third kappa shape index (κ3) is 4.82. The fourth-order valence-electron chi connectivity index (χ4n) is 4.14. The first-order valence-corrected chi connectivity index (χ1v) is 11.6. The van der Waals surface area contributed by atoms with E-state index in [1.165, 1.54) is 15.9 Å². The molecule has 1 fully saturated rings. The molecule has 1 aliphatic rings. The summed E-state index contributed by atoms with van der Waals surface area (Å²) in [6.07, 6.45) is -1.28. The highest BCUT2D eigenvalue weighted by Crippen LogP contribution is 2.39. The van der Waals surface area contributed by atoms with Crippen LogP contribution >= 0.6 is 23.2 Å². The zero-order valence-electron chi connectivity index (χ0n) is 19.3. The van der Waals surface area contributed by atoms with E-state index in [0.717, 1.165) is 12.1 Å². The van der Waals surface area contributed by atoms with Crippen molar-refractivity contribution in [1.82, 2.24) is 9.96 Å². The Kier molecular flexibility index (Phi) is 7.08. The largest absolute Gasteiger partial charge is 0.347 e. The zero-order chi connectivity index (χ0) is 26.2. The monoisotopic (exact) mass is 534 g/mol. The van der Waals surface area contributed by atoms with E-state index in [0.29, 0.717) is 26.5 Å². The van der Waals surface area contributed by atoms with Crippen LogP contribution in [0.3, 0.4) is 0 Å². The van der Waals surface area contributed by atoms with Crippen molar-refractivity contribution in [1.29, 1.82) is 0 Å². The summed E-state index contributed by atoms with van der Waals surface area (Å²) in [5, 5.41) is 14.9. The summed E-state index contributed by atoms with van der Waals surface area (Å²) in [4.78, 5) is 29.1. The van der Waals surface area contributed by atoms with Crippen molar-refractivity contribution in [2.75, 3.05) is 10.2 Å². The van der Waals surface area contributed by atoms with Crippen LogP contribution in [0.4, 0.5) is 29.7 Å². The number of anilines is 2. The van der Waals surface area contributed by atoms with Gasteiger partial charge in [-0.05, 0) is 74.5 Å². The highest BCUT2D eigenvalue weighted by molar-refractivity contribution is 6.31. The Morgan fingerprint density at radius 1 is 1.00 bits per heavy atom. The molecule has 1 saturated heterocycles. The number of hydrogen-bond donors (Lipinski definition) is 2. The molecule has 11 heteroatoms. The summed E-state index contributed by atoms with van der Waals surface area (Å²) in [5.41, 5.74) is -0.950. The van der Waals surface area contributed by atoms with Crippen molar-refractivity contribution in [3.63, 3.8) is 0 Å². The van der Waals surface area contributed by atoms with E-state index in [9.17, 15) is 23.6 Å². The van der Waals surface area contributed by atoms with Gasteiger partial charge in [0.15, 0.2) is 6.17 Å². The molecule has 0 spiro atoms. The first-order chi connectivity index (χ1) is 17.0. The Hall–Kier alpha value is -3.40. The molecular formula is C25H22Cl2F2N4O3. The van der Waals surface area contributed by atoms with Crippen LogP contribution in [0.2, 0.25) is 10.0 Å². The summed E-state index contributed by atoms with van der Waals surface area (Å²) in [7, 11) is 0. The van der Waals surface area contributed by atoms with E-state index in [4.69, 9.17) is 23.2 Å². The fraction of sp³-hybridized carbons (Fsp3) is 0.200. The molecule has 1 unspecified atom stereocenters. The molecule has 1 aliphatic heterocycles. The maximum atomic E-state index is 14.5. The smallest absolute Gasteiger partial charge is 0.311 e. The maximum Gasteiger partial charge on any atom is 0.347 e. The second kappa shape index (κ2) is 9.93. The zero-order valence-corrected chi connectivity index (χ0v) is 20.8. The molecule has 0 saturated carbocycles. The Bertz CT molecular complexity index is 1270. The molecule has 4 rings (SSSR count). The van der Waals surface area contributed by atoms with Crippen molar-refractivity contribution in [2.24, 2.45) is 0 Å². The number of hydrogen-bond acceptors (Lipinski definition) is 3. The van der Waals surface area contributed by atoms with Crippen LogP contribution in [-0.2, 0) is 6.54 Å². The lowest BCUT2D eigenvalue weighted by atomic mass is 9.99. The van der Waals surface area contributed by atoms with E-state index in [1.54, 1.807) is 62.4 Å². The molecule has 3 aromatic rings. The van der Waals surface area contributed by atoms with Crippen LogP contribution in [0.15, 0.2) is 66.7 Å². The first kappa shape index (κ1) is 25.7.